The summed E-state index contributed by atoms with van der Waals surface area (Å²) in [6.45, 7) is 12.7. The number of fused-ring (bicyclic) bond motifs is 1. The Kier molecular flexibility index (Phi) is 7.47. The molecule has 0 fully saturated rings. The lowest BCUT2D eigenvalue weighted by molar-refractivity contribution is -0.124. The molecule has 0 atom stereocenters. The topological polar surface area (TPSA) is 55.1 Å². The van der Waals surface area contributed by atoms with Crippen LogP contribution >= 0.6 is 11.8 Å². The minimum atomic E-state index is -0.458. The summed E-state index contributed by atoms with van der Waals surface area (Å²) in [6, 6.07) is 14.1. The lowest BCUT2D eigenvalue weighted by Crippen LogP contribution is -2.31. The van der Waals surface area contributed by atoms with Crippen LogP contribution in [0.2, 0.25) is 0 Å². The molecule has 0 aliphatic carbocycles. The standard InChI is InChI=1S/C26H34N2O2S/c1-17(2)19-11-9-12-20(18(3)4)23(19)28-24(29)26(5,6)15-10-16-31-25-27-21-13-7-8-14-22(21)30-25/h7-9,11-14,17-18H,10,15-16H2,1-6H3,(H,28,29). The highest BCUT2D eigenvalue weighted by molar-refractivity contribution is 7.99. The first-order chi connectivity index (χ1) is 14.7. The van der Waals surface area contributed by atoms with Gasteiger partial charge in [0, 0.05) is 16.9 Å². The molecule has 2 aromatic carbocycles. The van der Waals surface area contributed by atoms with Gasteiger partial charge in [0.2, 0.25) is 5.91 Å². The third kappa shape index (κ3) is 5.70. The van der Waals surface area contributed by atoms with E-state index in [4.69, 9.17) is 4.42 Å². The number of oxazole rings is 1. The minimum absolute atomic E-state index is 0.0781. The molecule has 0 saturated heterocycles. The van der Waals surface area contributed by atoms with Crippen molar-refractivity contribution in [1.29, 1.82) is 0 Å². The zero-order chi connectivity index (χ0) is 22.6. The van der Waals surface area contributed by atoms with Gasteiger partial charge in [0.25, 0.3) is 5.22 Å². The summed E-state index contributed by atoms with van der Waals surface area (Å²) in [5, 5.41) is 3.97. The molecule has 0 aliphatic rings. The Labute approximate surface area is 190 Å². The fourth-order valence-corrected chi connectivity index (χ4v) is 4.45. The van der Waals surface area contributed by atoms with Crippen molar-refractivity contribution in [3.63, 3.8) is 0 Å². The lowest BCUT2D eigenvalue weighted by atomic mass is 9.86. The van der Waals surface area contributed by atoms with Crippen molar-refractivity contribution >= 4 is 34.5 Å². The number of nitrogens with one attached hydrogen (secondary N) is 1. The van der Waals surface area contributed by atoms with Crippen LogP contribution in [-0.4, -0.2) is 16.6 Å². The van der Waals surface area contributed by atoms with Crippen LogP contribution in [0.25, 0.3) is 11.1 Å². The first-order valence-corrected chi connectivity index (χ1v) is 12.1. The van der Waals surface area contributed by atoms with E-state index in [0.717, 1.165) is 35.4 Å². The zero-order valence-electron chi connectivity index (χ0n) is 19.5. The monoisotopic (exact) mass is 438 g/mol. The molecule has 3 aromatic rings. The molecule has 1 heterocycles. The number of amides is 1. The average Bonchev–Trinajstić information content (AvgIpc) is 3.13. The van der Waals surface area contributed by atoms with E-state index >= 15 is 0 Å². The van der Waals surface area contributed by atoms with Crippen molar-refractivity contribution in [2.45, 2.75) is 71.4 Å². The predicted molar refractivity (Wildman–Crippen MR) is 131 cm³/mol. The van der Waals surface area contributed by atoms with Gasteiger partial charge < -0.3 is 9.73 Å². The molecule has 31 heavy (non-hydrogen) atoms. The average molecular weight is 439 g/mol. The van der Waals surface area contributed by atoms with Crippen molar-refractivity contribution in [1.82, 2.24) is 4.98 Å². The molecular weight excluding hydrogens is 404 g/mol. The van der Waals surface area contributed by atoms with Crippen molar-refractivity contribution in [3.05, 3.63) is 53.6 Å². The van der Waals surface area contributed by atoms with Crippen LogP contribution in [0, 0.1) is 5.41 Å². The van der Waals surface area contributed by atoms with Crippen LogP contribution in [0.5, 0.6) is 0 Å². The van der Waals surface area contributed by atoms with Crippen molar-refractivity contribution < 1.29 is 9.21 Å². The maximum Gasteiger partial charge on any atom is 0.256 e. The van der Waals surface area contributed by atoms with E-state index in [1.165, 1.54) is 11.1 Å². The van der Waals surface area contributed by atoms with Gasteiger partial charge in [0.1, 0.15) is 5.52 Å². The third-order valence-corrected chi connectivity index (χ3v) is 6.59. The Balaban J connectivity index is 1.61. The van der Waals surface area contributed by atoms with Crippen LogP contribution in [0.4, 0.5) is 5.69 Å². The Morgan fingerprint density at radius 3 is 2.29 bits per heavy atom. The number of benzene rings is 2. The number of hydrogen-bond donors (Lipinski definition) is 1. The molecule has 3 rings (SSSR count). The van der Waals surface area contributed by atoms with Gasteiger partial charge in [-0.1, -0.05) is 83.6 Å². The molecule has 0 radical (unpaired) electrons. The molecule has 5 heteroatoms. The van der Waals surface area contributed by atoms with Gasteiger partial charge in [-0.05, 0) is 47.9 Å². The van der Waals surface area contributed by atoms with Crippen molar-refractivity contribution in [3.8, 4) is 0 Å². The van der Waals surface area contributed by atoms with E-state index < -0.39 is 5.41 Å². The number of para-hydroxylation sites is 3. The van der Waals surface area contributed by atoms with Gasteiger partial charge in [-0.25, -0.2) is 4.98 Å². The SMILES string of the molecule is CC(C)c1cccc(C(C)C)c1NC(=O)C(C)(C)CCCSc1nc2ccccc2o1. The van der Waals surface area contributed by atoms with E-state index in [2.05, 4.69) is 56.2 Å². The fraction of sp³-hybridized carbons (Fsp3) is 0.462. The number of hydrogen-bond acceptors (Lipinski definition) is 4. The van der Waals surface area contributed by atoms with Crippen LogP contribution < -0.4 is 5.32 Å². The first kappa shape index (κ1) is 23.4. The highest BCUT2D eigenvalue weighted by Crippen LogP contribution is 2.35. The molecule has 166 valence electrons. The Bertz CT molecular complexity index is 978. The van der Waals surface area contributed by atoms with Crippen LogP contribution in [0.3, 0.4) is 0 Å². The number of anilines is 1. The smallest absolute Gasteiger partial charge is 0.256 e. The number of aromatic nitrogens is 1. The van der Waals surface area contributed by atoms with E-state index in [1.807, 2.05) is 38.1 Å². The lowest BCUT2D eigenvalue weighted by Gasteiger charge is -2.27. The second kappa shape index (κ2) is 9.90. The van der Waals surface area contributed by atoms with E-state index in [9.17, 15) is 4.79 Å². The quantitative estimate of drug-likeness (QED) is 0.276. The van der Waals surface area contributed by atoms with Crippen LogP contribution in [0.1, 0.15) is 77.3 Å². The van der Waals surface area contributed by atoms with Gasteiger partial charge >= 0.3 is 0 Å². The van der Waals surface area contributed by atoms with Crippen molar-refractivity contribution in [2.24, 2.45) is 5.41 Å². The summed E-state index contributed by atoms with van der Waals surface area (Å²) in [4.78, 5) is 17.7. The molecular formula is C26H34N2O2S. The highest BCUT2D eigenvalue weighted by atomic mass is 32.2. The predicted octanol–water partition coefficient (Wildman–Crippen LogP) is 7.61. The Morgan fingerprint density at radius 2 is 1.68 bits per heavy atom. The van der Waals surface area contributed by atoms with Gasteiger partial charge in [-0.2, -0.15) is 0 Å². The minimum Gasteiger partial charge on any atom is -0.431 e. The number of carbonyl (C=O) groups is 1. The fourth-order valence-electron chi connectivity index (χ4n) is 3.68. The first-order valence-electron chi connectivity index (χ1n) is 11.1. The number of nitrogens with zero attached hydrogens (tertiary/aromatic N) is 1. The molecule has 1 aromatic heterocycles. The van der Waals surface area contributed by atoms with E-state index in [0.29, 0.717) is 17.1 Å². The summed E-state index contributed by atoms with van der Waals surface area (Å²) in [7, 11) is 0. The molecule has 4 nitrogen and oxygen atoms in total. The third-order valence-electron chi connectivity index (χ3n) is 5.67. The summed E-state index contributed by atoms with van der Waals surface area (Å²) < 4.78 is 5.77. The van der Waals surface area contributed by atoms with Crippen LogP contribution in [-0.2, 0) is 4.79 Å². The molecule has 1 N–H and O–H groups in total. The maximum absolute atomic E-state index is 13.2. The second-order valence-electron chi connectivity index (χ2n) is 9.36. The summed E-state index contributed by atoms with van der Waals surface area (Å²) in [6.07, 6.45) is 1.71. The summed E-state index contributed by atoms with van der Waals surface area (Å²) >= 11 is 1.61. The van der Waals surface area contributed by atoms with Gasteiger partial charge in [-0.15, -0.1) is 0 Å². The second-order valence-corrected chi connectivity index (χ2v) is 10.4. The number of rotatable bonds is 9. The molecule has 0 bridgehead atoms. The normalized spacial score (nSPS) is 12.1. The van der Waals surface area contributed by atoms with Gasteiger partial charge in [0.05, 0.1) is 0 Å². The van der Waals surface area contributed by atoms with Crippen molar-refractivity contribution in [2.75, 3.05) is 11.1 Å². The maximum atomic E-state index is 13.2. The highest BCUT2D eigenvalue weighted by Gasteiger charge is 2.29. The molecule has 0 saturated carbocycles. The van der Waals surface area contributed by atoms with Crippen LogP contribution in [0.15, 0.2) is 52.1 Å². The van der Waals surface area contributed by atoms with Gasteiger partial charge in [0.15, 0.2) is 5.58 Å². The van der Waals surface area contributed by atoms with E-state index in [1.54, 1.807) is 11.8 Å². The van der Waals surface area contributed by atoms with E-state index in [-0.39, 0.29) is 5.91 Å². The molecule has 0 spiro atoms. The Morgan fingerprint density at radius 1 is 1.03 bits per heavy atom. The Hall–Kier alpha value is -2.27. The number of carbonyl (C=O) groups excluding carboxylic acids is 1. The molecule has 0 aliphatic heterocycles. The number of thioether (sulfide) groups is 1. The largest absolute Gasteiger partial charge is 0.431 e. The summed E-state index contributed by atoms with van der Waals surface area (Å²) in [5.41, 5.74) is 4.62. The molecule has 0 unspecified atom stereocenters. The zero-order valence-corrected chi connectivity index (χ0v) is 20.3. The van der Waals surface area contributed by atoms with Gasteiger partial charge in [-0.3, -0.25) is 4.79 Å². The summed E-state index contributed by atoms with van der Waals surface area (Å²) in [5.74, 6) is 1.65. The molecule has 1 amide bonds.